The molecular formula is C115H145N15. The highest BCUT2D eigenvalue weighted by molar-refractivity contribution is 5.85. The van der Waals surface area contributed by atoms with Crippen LogP contribution in [-0.4, -0.2) is 74.8 Å². The zero-order valence-corrected chi connectivity index (χ0v) is 83.5. The van der Waals surface area contributed by atoms with Crippen LogP contribution >= 0.6 is 0 Å². The number of para-hydroxylation sites is 4. The molecule has 0 unspecified atom stereocenters. The predicted molar refractivity (Wildman–Crippen MR) is 567 cm³/mol. The lowest BCUT2D eigenvalue weighted by atomic mass is 10.1. The van der Waals surface area contributed by atoms with Crippen molar-refractivity contribution in [3.63, 3.8) is 0 Å². The van der Waals surface area contributed by atoms with E-state index in [0.717, 1.165) is 106 Å². The van der Waals surface area contributed by atoms with Crippen LogP contribution in [0, 0.1) is 69.2 Å². The van der Waals surface area contributed by atoms with Crippen LogP contribution in [0.1, 0.15) is 195 Å². The van der Waals surface area contributed by atoms with Crippen LogP contribution < -0.4 is 0 Å². The lowest BCUT2D eigenvalue weighted by molar-refractivity contribution is 1.09. The third-order valence-electron chi connectivity index (χ3n) is 16.9. The molecule has 0 bridgehead atoms. The van der Waals surface area contributed by atoms with Crippen molar-refractivity contribution in [1.82, 2.24) is 74.8 Å². The van der Waals surface area contributed by atoms with E-state index in [-0.39, 0.29) is 0 Å². The van der Waals surface area contributed by atoms with Gasteiger partial charge in [-0.15, -0.1) is 0 Å². The van der Waals surface area contributed by atoms with E-state index in [1.54, 1.807) is 31.0 Å². The van der Waals surface area contributed by atoms with E-state index >= 15 is 0 Å². The van der Waals surface area contributed by atoms with Crippen LogP contribution in [0.2, 0.25) is 0 Å². The van der Waals surface area contributed by atoms with E-state index in [9.17, 15) is 0 Å². The van der Waals surface area contributed by atoms with Gasteiger partial charge in [-0.25, -0.2) is 15.0 Å². The van der Waals surface area contributed by atoms with Crippen molar-refractivity contribution in [1.29, 1.82) is 0 Å². The average molecular weight is 1740 g/mol. The lowest BCUT2D eigenvalue weighted by Gasteiger charge is -1.96. The predicted octanol–water partition coefficient (Wildman–Crippen LogP) is 32.7. The summed E-state index contributed by atoms with van der Waals surface area (Å²) in [6.07, 6.45) is 23.7. The van der Waals surface area contributed by atoms with Crippen LogP contribution in [0.3, 0.4) is 0 Å². The fourth-order valence-electron chi connectivity index (χ4n) is 11.3. The molecule has 0 atom stereocenters. The molecule has 15 heteroatoms. The van der Waals surface area contributed by atoms with E-state index in [0.29, 0.717) is 0 Å². The van der Waals surface area contributed by atoms with Gasteiger partial charge in [0.1, 0.15) is 5.82 Å². The summed E-state index contributed by atoms with van der Waals surface area (Å²) < 4.78 is 0. The number of fused-ring (bicyclic) bond motifs is 10. The number of benzene rings is 7. The zero-order valence-electron chi connectivity index (χ0n) is 83.5. The number of hydrogen-bond acceptors (Lipinski definition) is 15. The maximum absolute atomic E-state index is 4.38. The maximum atomic E-state index is 4.38. The Morgan fingerprint density at radius 3 is 1.06 bits per heavy atom. The Morgan fingerprint density at radius 1 is 0.146 bits per heavy atom. The Kier molecular flexibility index (Phi) is 61.4. The molecule has 0 fully saturated rings. The van der Waals surface area contributed by atoms with E-state index < -0.39 is 0 Å². The summed E-state index contributed by atoms with van der Waals surface area (Å²) in [6.45, 7) is 60.1. The molecule has 13 aromatic heterocycles. The first-order valence-electron chi connectivity index (χ1n) is 46.1. The number of rotatable bonds is 0. The van der Waals surface area contributed by atoms with Gasteiger partial charge in [-0.05, 0) is 212 Å². The number of hydrogen-bond donors (Lipinski definition) is 0. The molecule has 0 amide bonds. The summed E-state index contributed by atoms with van der Waals surface area (Å²) in [5.41, 5.74) is 19.0. The van der Waals surface area contributed by atoms with Gasteiger partial charge in [0.15, 0.2) is 0 Å². The Bertz CT molecular complexity index is 5090. The van der Waals surface area contributed by atoms with Gasteiger partial charge in [0.25, 0.3) is 0 Å². The number of aryl methyl sites for hydroxylation is 10. The van der Waals surface area contributed by atoms with Crippen LogP contribution in [0.15, 0.2) is 335 Å². The number of aromatic nitrogens is 15. The van der Waals surface area contributed by atoms with E-state index in [1.807, 2.05) is 394 Å². The van der Waals surface area contributed by atoms with Gasteiger partial charge in [-0.1, -0.05) is 283 Å². The first-order chi connectivity index (χ1) is 63.6. The zero-order chi connectivity index (χ0) is 96.8. The first-order valence-corrected chi connectivity index (χ1v) is 46.1. The van der Waals surface area contributed by atoms with Crippen molar-refractivity contribution in [3.8, 4) is 0 Å². The molecule has 7 aromatic carbocycles. The van der Waals surface area contributed by atoms with Crippen LogP contribution in [0.5, 0.6) is 0 Å². The van der Waals surface area contributed by atoms with Crippen molar-refractivity contribution >= 4 is 109 Å². The van der Waals surface area contributed by atoms with Gasteiger partial charge in [-0.3, -0.25) is 59.8 Å². The lowest BCUT2D eigenvalue weighted by Crippen LogP contribution is -1.86. The minimum absolute atomic E-state index is 0.823. The Hall–Kier alpha value is -14.1. The van der Waals surface area contributed by atoms with Gasteiger partial charge in [0, 0.05) is 146 Å². The van der Waals surface area contributed by atoms with Gasteiger partial charge < -0.3 is 0 Å². The molecule has 0 saturated heterocycles. The largest absolute Gasteiger partial charge is 0.264 e. The van der Waals surface area contributed by atoms with Gasteiger partial charge in [-0.2, -0.15) is 0 Å². The summed E-state index contributed by atoms with van der Waals surface area (Å²) in [5, 5.41) is 13.2. The summed E-state index contributed by atoms with van der Waals surface area (Å²) in [5.74, 6) is 0.823. The van der Waals surface area contributed by atoms with Gasteiger partial charge in [0.05, 0.1) is 61.5 Å². The normalized spacial score (nSPS) is 9.15. The molecule has 13 heterocycles. The quantitative estimate of drug-likeness (QED) is 0.139. The van der Waals surface area contributed by atoms with Crippen molar-refractivity contribution in [2.45, 2.75) is 208 Å². The molecule has 0 saturated carbocycles. The van der Waals surface area contributed by atoms with Crippen LogP contribution in [0.25, 0.3) is 109 Å². The smallest absolute Gasteiger partial charge is 0.125 e. The summed E-state index contributed by atoms with van der Waals surface area (Å²) in [7, 11) is 0. The van der Waals surface area contributed by atoms with E-state index in [4.69, 9.17) is 0 Å². The second-order valence-corrected chi connectivity index (χ2v) is 26.0. The van der Waals surface area contributed by atoms with Crippen molar-refractivity contribution in [3.05, 3.63) is 392 Å². The van der Waals surface area contributed by atoms with Crippen LogP contribution in [0.4, 0.5) is 0 Å². The molecule has 0 aliphatic heterocycles. The highest BCUT2D eigenvalue weighted by Gasteiger charge is 2.00. The Morgan fingerprint density at radius 2 is 0.469 bits per heavy atom. The average Bonchev–Trinajstić information content (AvgIpc) is 0.929. The summed E-state index contributed by atoms with van der Waals surface area (Å²) in [6, 6.07) is 85.3. The standard InChI is InChI=1S/5C10H9N.5C9H8N2.10C2H6/c1-8-2-3-10-7-11-5-4-9(10)6-8;1-8-2-3-9-4-5-11-7-10(9)6-8;1-8-4-5-9-3-2-6-11-10(9)7-8;1-8-6-9-4-2-3-5-10(9)7-11-8;1-8-6-7-9-4-2-3-5-10(9)11-8;1-7-2-3-8-6-10-5-4-9(8)11-7;1-7-2-3-8-4-5-10-6-9(8)11-7;1-7-4-5-8-9(11-7)3-2-6-10-8;1-7-10-6-8-4-2-3-5-9(8)11-7;1-7-6-10-8-4-2-3-5-9(8)11-7;10*1-2/h5*2-7H,1H3;5*2-6H,1H3;10*1-2H3. The molecule has 15 nitrogen and oxygen atoms in total. The third kappa shape index (κ3) is 42.0. The molecule has 0 radical (unpaired) electrons. The fourth-order valence-corrected chi connectivity index (χ4v) is 11.3. The van der Waals surface area contributed by atoms with E-state index in [1.165, 1.54) is 59.8 Å². The Labute approximate surface area is 778 Å². The van der Waals surface area contributed by atoms with Crippen molar-refractivity contribution in [2.75, 3.05) is 0 Å². The van der Waals surface area contributed by atoms with E-state index in [2.05, 4.69) is 193 Å². The highest BCUT2D eigenvalue weighted by Crippen LogP contribution is 2.19. The maximum Gasteiger partial charge on any atom is 0.125 e. The molecule has 0 N–H and O–H groups in total. The molecule has 0 aliphatic carbocycles. The third-order valence-corrected chi connectivity index (χ3v) is 16.9. The SMILES string of the molecule is CC.CC.CC.CC.CC.CC.CC.CC.CC.CC.Cc1cc2ccccc2cn1.Cc1ccc2ccccc2n1.Cc1ccc2cccnc2c1.Cc1ccc2ccncc2c1.Cc1ccc2ccncc2n1.Cc1ccc2cnccc2c1.Cc1ccc2cnccc2n1.Cc1ccc2ncccc2n1.Cc1cnc2ccccc2n1.Cc1ncc2ccccc2n1. The number of nitrogens with zero attached hydrogens (tertiary/aromatic N) is 15. The monoisotopic (exact) mass is 1740 g/mol. The van der Waals surface area contributed by atoms with Crippen molar-refractivity contribution < 1.29 is 0 Å². The van der Waals surface area contributed by atoms with Crippen LogP contribution in [-0.2, 0) is 0 Å². The molecular weight excluding hydrogens is 1590 g/mol. The molecule has 130 heavy (non-hydrogen) atoms. The summed E-state index contributed by atoms with van der Waals surface area (Å²) >= 11 is 0. The van der Waals surface area contributed by atoms with Gasteiger partial charge >= 0.3 is 0 Å². The minimum atomic E-state index is 0.823. The second-order valence-electron chi connectivity index (χ2n) is 26.0. The molecule has 0 spiro atoms. The minimum Gasteiger partial charge on any atom is -0.264 e. The summed E-state index contributed by atoms with van der Waals surface area (Å²) in [4.78, 5) is 62.9. The Balaban J connectivity index is 0.000000706. The highest BCUT2D eigenvalue weighted by atomic mass is 14.9. The van der Waals surface area contributed by atoms with Crippen molar-refractivity contribution in [2.24, 2.45) is 0 Å². The molecule has 20 rings (SSSR count). The molecule has 680 valence electrons. The second kappa shape index (κ2) is 70.1. The molecule has 20 aromatic rings. The number of pyridine rings is 11. The van der Waals surface area contributed by atoms with Gasteiger partial charge in [0.2, 0.25) is 0 Å². The first kappa shape index (κ1) is 114. The fraction of sp³-hybridized carbons (Fsp3) is 0.261. The molecule has 0 aliphatic rings. The topological polar surface area (TPSA) is 193 Å².